The van der Waals surface area contributed by atoms with Crippen molar-refractivity contribution in [1.82, 2.24) is 5.32 Å². The lowest BCUT2D eigenvalue weighted by atomic mass is 10.1. The molecule has 1 N–H and O–H groups in total. The molecule has 0 aromatic heterocycles. The summed E-state index contributed by atoms with van der Waals surface area (Å²) in [6.45, 7) is 0.0464. The van der Waals surface area contributed by atoms with Crippen molar-refractivity contribution in [3.8, 4) is 0 Å². The van der Waals surface area contributed by atoms with E-state index in [-0.39, 0.29) is 18.9 Å². The molecule has 4 nitrogen and oxygen atoms in total. The number of benzene rings is 2. The molecule has 23 heavy (non-hydrogen) atoms. The van der Waals surface area contributed by atoms with Crippen LogP contribution < -0.4 is 5.32 Å². The predicted molar refractivity (Wildman–Crippen MR) is 89.4 cm³/mol. The highest BCUT2D eigenvalue weighted by molar-refractivity contribution is 6.30. The van der Waals surface area contributed by atoms with E-state index in [0.717, 1.165) is 11.1 Å². The van der Waals surface area contributed by atoms with Crippen LogP contribution in [0.25, 0.3) is 0 Å². The van der Waals surface area contributed by atoms with Gasteiger partial charge in [-0.2, -0.15) is 0 Å². The lowest BCUT2D eigenvalue weighted by molar-refractivity contribution is -0.147. The van der Waals surface area contributed by atoms with Crippen molar-refractivity contribution >= 4 is 35.1 Å². The summed E-state index contributed by atoms with van der Waals surface area (Å²) in [6.07, 6.45) is 0.0988. The number of esters is 1. The molecular formula is C17H15Cl2NO3. The molecule has 0 aliphatic carbocycles. The van der Waals surface area contributed by atoms with Crippen molar-refractivity contribution in [2.75, 3.05) is 6.61 Å². The minimum Gasteiger partial charge on any atom is -0.455 e. The van der Waals surface area contributed by atoms with E-state index in [1.54, 1.807) is 36.4 Å². The van der Waals surface area contributed by atoms with Crippen LogP contribution in [0, 0.1) is 0 Å². The van der Waals surface area contributed by atoms with Crippen molar-refractivity contribution in [2.45, 2.75) is 13.0 Å². The summed E-state index contributed by atoms with van der Waals surface area (Å²) in [4.78, 5) is 23.3. The monoisotopic (exact) mass is 351 g/mol. The molecule has 0 saturated heterocycles. The number of carbonyl (C=O) groups is 2. The van der Waals surface area contributed by atoms with Gasteiger partial charge < -0.3 is 10.1 Å². The van der Waals surface area contributed by atoms with Crippen LogP contribution >= 0.6 is 23.2 Å². The molecule has 0 aliphatic rings. The van der Waals surface area contributed by atoms with Crippen molar-refractivity contribution in [1.29, 1.82) is 0 Å². The first-order valence-corrected chi connectivity index (χ1v) is 7.70. The summed E-state index contributed by atoms with van der Waals surface area (Å²) in [5.74, 6) is -0.821. The molecule has 120 valence electrons. The molecule has 0 aliphatic heterocycles. The first-order valence-electron chi connectivity index (χ1n) is 6.94. The molecule has 1 amide bonds. The van der Waals surface area contributed by atoms with Gasteiger partial charge in [-0.3, -0.25) is 9.59 Å². The molecule has 2 aromatic carbocycles. The first-order chi connectivity index (χ1) is 11.0. The molecule has 0 heterocycles. The van der Waals surface area contributed by atoms with Crippen LogP contribution in [-0.4, -0.2) is 18.5 Å². The molecule has 2 rings (SSSR count). The minimum absolute atomic E-state index is 0.0988. The highest BCUT2D eigenvalue weighted by Gasteiger charge is 2.08. The third kappa shape index (κ3) is 6.30. The van der Waals surface area contributed by atoms with Crippen molar-refractivity contribution in [2.24, 2.45) is 0 Å². The van der Waals surface area contributed by atoms with E-state index in [1.807, 2.05) is 12.1 Å². The molecule has 0 bridgehead atoms. The van der Waals surface area contributed by atoms with Gasteiger partial charge in [0.2, 0.25) is 0 Å². The van der Waals surface area contributed by atoms with Gasteiger partial charge in [-0.25, -0.2) is 0 Å². The molecule has 2 aromatic rings. The van der Waals surface area contributed by atoms with Gasteiger partial charge in [0.05, 0.1) is 6.42 Å². The third-order valence-electron chi connectivity index (χ3n) is 3.03. The predicted octanol–water partition coefficient (Wildman–Crippen LogP) is 3.40. The lowest BCUT2D eigenvalue weighted by Crippen LogP contribution is -2.28. The van der Waals surface area contributed by atoms with E-state index >= 15 is 0 Å². The molecule has 0 atom stereocenters. The minimum atomic E-state index is -0.464. The van der Waals surface area contributed by atoms with Crippen molar-refractivity contribution in [3.05, 3.63) is 69.7 Å². The quantitative estimate of drug-likeness (QED) is 0.811. The van der Waals surface area contributed by atoms with E-state index in [2.05, 4.69) is 5.32 Å². The Morgan fingerprint density at radius 1 is 0.870 bits per heavy atom. The van der Waals surface area contributed by atoms with E-state index in [0.29, 0.717) is 16.6 Å². The first kappa shape index (κ1) is 17.3. The Balaban J connectivity index is 1.70. The Morgan fingerprint density at radius 2 is 1.39 bits per heavy atom. The van der Waals surface area contributed by atoms with Crippen LogP contribution in [0.4, 0.5) is 0 Å². The topological polar surface area (TPSA) is 55.4 Å². The SMILES string of the molecule is O=C(COC(=O)Cc1ccc(Cl)cc1)NCc1ccc(Cl)cc1. The largest absolute Gasteiger partial charge is 0.455 e. The normalized spacial score (nSPS) is 10.2. The Kier molecular flexibility index (Phi) is 6.44. The highest BCUT2D eigenvalue weighted by Crippen LogP contribution is 2.10. The standard InChI is InChI=1S/C17H15Cl2NO3/c18-14-5-1-12(2-6-14)9-17(22)23-11-16(21)20-10-13-3-7-15(19)8-4-13/h1-8H,9-11H2,(H,20,21). The molecule has 0 saturated carbocycles. The number of ether oxygens (including phenoxy) is 1. The third-order valence-corrected chi connectivity index (χ3v) is 3.53. The molecule has 0 unspecified atom stereocenters. The van der Waals surface area contributed by atoms with Gasteiger partial charge in [-0.1, -0.05) is 47.5 Å². The fourth-order valence-corrected chi connectivity index (χ4v) is 2.07. The van der Waals surface area contributed by atoms with Gasteiger partial charge in [0, 0.05) is 16.6 Å². The Bertz CT molecular complexity index is 669. The van der Waals surface area contributed by atoms with Crippen molar-refractivity contribution < 1.29 is 14.3 Å². The van der Waals surface area contributed by atoms with E-state index in [9.17, 15) is 9.59 Å². The fourth-order valence-electron chi connectivity index (χ4n) is 1.82. The van der Waals surface area contributed by atoms with Crippen LogP contribution in [0.3, 0.4) is 0 Å². The molecule has 6 heteroatoms. The van der Waals surface area contributed by atoms with Crippen LogP contribution in [0.2, 0.25) is 10.0 Å². The number of halogens is 2. The Morgan fingerprint density at radius 3 is 1.96 bits per heavy atom. The van der Waals surface area contributed by atoms with Crippen LogP contribution in [-0.2, 0) is 27.3 Å². The summed E-state index contributed by atoms with van der Waals surface area (Å²) < 4.78 is 4.94. The van der Waals surface area contributed by atoms with Gasteiger partial charge in [-0.15, -0.1) is 0 Å². The second-order valence-electron chi connectivity index (χ2n) is 4.87. The van der Waals surface area contributed by atoms with Gasteiger partial charge in [0.1, 0.15) is 0 Å². The zero-order valence-corrected chi connectivity index (χ0v) is 13.7. The second-order valence-corrected chi connectivity index (χ2v) is 5.74. The highest BCUT2D eigenvalue weighted by atomic mass is 35.5. The fraction of sp³-hybridized carbons (Fsp3) is 0.176. The zero-order valence-electron chi connectivity index (χ0n) is 12.2. The van der Waals surface area contributed by atoms with Crippen LogP contribution in [0.15, 0.2) is 48.5 Å². The smallest absolute Gasteiger partial charge is 0.310 e. The maximum Gasteiger partial charge on any atom is 0.310 e. The Labute approximate surface area is 144 Å². The number of rotatable bonds is 6. The van der Waals surface area contributed by atoms with Gasteiger partial charge in [0.25, 0.3) is 5.91 Å². The number of nitrogens with one attached hydrogen (secondary N) is 1. The van der Waals surface area contributed by atoms with Crippen LogP contribution in [0.1, 0.15) is 11.1 Å². The van der Waals surface area contributed by atoms with Crippen molar-refractivity contribution in [3.63, 3.8) is 0 Å². The summed E-state index contributed by atoms with van der Waals surface area (Å²) in [5, 5.41) is 3.90. The number of hydrogen-bond acceptors (Lipinski definition) is 3. The maximum atomic E-state index is 11.7. The number of hydrogen-bond donors (Lipinski definition) is 1. The van der Waals surface area contributed by atoms with Crippen LogP contribution in [0.5, 0.6) is 0 Å². The maximum absolute atomic E-state index is 11.7. The van der Waals surface area contributed by atoms with E-state index in [1.165, 1.54) is 0 Å². The molecule has 0 radical (unpaired) electrons. The lowest BCUT2D eigenvalue weighted by Gasteiger charge is -2.07. The average Bonchev–Trinajstić information content (AvgIpc) is 2.54. The molecule has 0 fully saturated rings. The van der Waals surface area contributed by atoms with E-state index in [4.69, 9.17) is 27.9 Å². The average molecular weight is 352 g/mol. The number of carbonyl (C=O) groups excluding carboxylic acids is 2. The van der Waals surface area contributed by atoms with Gasteiger partial charge >= 0.3 is 5.97 Å². The van der Waals surface area contributed by atoms with Gasteiger partial charge in [0.15, 0.2) is 6.61 Å². The van der Waals surface area contributed by atoms with E-state index < -0.39 is 5.97 Å². The Hall–Kier alpha value is -2.04. The summed E-state index contributed by atoms with van der Waals surface area (Å²) >= 11 is 11.6. The summed E-state index contributed by atoms with van der Waals surface area (Å²) in [5.41, 5.74) is 1.69. The molecule has 0 spiro atoms. The summed E-state index contributed by atoms with van der Waals surface area (Å²) in [6, 6.07) is 14.0. The molecular weight excluding hydrogens is 337 g/mol. The summed E-state index contributed by atoms with van der Waals surface area (Å²) in [7, 11) is 0. The second kappa shape index (κ2) is 8.56. The van der Waals surface area contributed by atoms with Gasteiger partial charge in [-0.05, 0) is 35.4 Å². The zero-order chi connectivity index (χ0) is 16.7. The number of amides is 1.